The molecule has 0 bridgehead atoms. The fourth-order valence-electron chi connectivity index (χ4n) is 2.92. The lowest BCUT2D eigenvalue weighted by Crippen LogP contribution is -2.56. The van der Waals surface area contributed by atoms with E-state index in [4.69, 9.17) is 5.26 Å². The molecule has 1 aliphatic rings. The maximum atomic E-state index is 12.6. The van der Waals surface area contributed by atoms with Crippen LogP contribution in [0.15, 0.2) is 24.5 Å². The minimum absolute atomic E-state index is 0.0616. The van der Waals surface area contributed by atoms with E-state index < -0.39 is 6.04 Å². The second-order valence-corrected chi connectivity index (χ2v) is 6.69. The number of carbonyl (C=O) groups excluding carboxylic acids is 2. The number of piperazine rings is 1. The van der Waals surface area contributed by atoms with Gasteiger partial charge < -0.3 is 20.4 Å². The summed E-state index contributed by atoms with van der Waals surface area (Å²) in [7, 11) is 0. The zero-order valence-corrected chi connectivity index (χ0v) is 15.3. The second-order valence-electron chi connectivity index (χ2n) is 6.69. The lowest BCUT2D eigenvalue weighted by molar-refractivity contribution is -0.123. The first-order valence-electron chi connectivity index (χ1n) is 8.86. The number of anilines is 1. The Morgan fingerprint density at radius 3 is 2.46 bits per heavy atom. The molecule has 2 N–H and O–H groups in total. The molecule has 0 unspecified atom stereocenters. The van der Waals surface area contributed by atoms with E-state index >= 15 is 0 Å². The molecule has 2 heterocycles. The van der Waals surface area contributed by atoms with Gasteiger partial charge in [-0.1, -0.05) is 13.8 Å². The van der Waals surface area contributed by atoms with Crippen LogP contribution in [0.3, 0.4) is 0 Å². The van der Waals surface area contributed by atoms with Gasteiger partial charge in [0, 0.05) is 44.3 Å². The third kappa shape index (κ3) is 5.62. The van der Waals surface area contributed by atoms with Crippen LogP contribution in [0.5, 0.6) is 0 Å². The van der Waals surface area contributed by atoms with E-state index in [-0.39, 0.29) is 24.4 Å². The summed E-state index contributed by atoms with van der Waals surface area (Å²) in [5, 5.41) is 14.0. The molecule has 0 radical (unpaired) electrons. The number of carbonyl (C=O) groups is 2. The molecule has 1 aromatic rings. The summed E-state index contributed by atoms with van der Waals surface area (Å²) >= 11 is 0. The Morgan fingerprint density at radius 1 is 1.23 bits per heavy atom. The molecule has 1 atom stereocenters. The van der Waals surface area contributed by atoms with Crippen molar-refractivity contribution in [3.05, 3.63) is 24.5 Å². The van der Waals surface area contributed by atoms with Gasteiger partial charge >= 0.3 is 6.03 Å². The van der Waals surface area contributed by atoms with Crippen LogP contribution >= 0.6 is 0 Å². The quantitative estimate of drug-likeness (QED) is 0.738. The number of urea groups is 1. The molecule has 1 saturated heterocycles. The smallest absolute Gasteiger partial charge is 0.318 e. The summed E-state index contributed by atoms with van der Waals surface area (Å²) in [6.07, 6.45) is 4.04. The first-order chi connectivity index (χ1) is 12.5. The fourth-order valence-corrected chi connectivity index (χ4v) is 2.92. The highest BCUT2D eigenvalue weighted by atomic mass is 16.2. The van der Waals surface area contributed by atoms with Crippen LogP contribution in [0.1, 0.15) is 20.3 Å². The van der Waals surface area contributed by atoms with Crippen LogP contribution in [-0.2, 0) is 4.79 Å². The topological polar surface area (TPSA) is 101 Å². The monoisotopic (exact) mass is 358 g/mol. The summed E-state index contributed by atoms with van der Waals surface area (Å²) in [5.74, 6) is -0.0688. The number of hydrogen-bond acceptors (Lipinski definition) is 5. The van der Waals surface area contributed by atoms with Gasteiger partial charge in [0.2, 0.25) is 5.91 Å². The van der Waals surface area contributed by atoms with Gasteiger partial charge in [0.05, 0.1) is 6.07 Å². The van der Waals surface area contributed by atoms with Crippen molar-refractivity contribution in [2.24, 2.45) is 5.92 Å². The average Bonchev–Trinajstić information content (AvgIpc) is 2.66. The summed E-state index contributed by atoms with van der Waals surface area (Å²) < 4.78 is 0. The van der Waals surface area contributed by atoms with Crippen LogP contribution in [0.25, 0.3) is 0 Å². The van der Waals surface area contributed by atoms with Gasteiger partial charge in [0.15, 0.2) is 0 Å². The lowest BCUT2D eigenvalue weighted by Gasteiger charge is -2.36. The van der Waals surface area contributed by atoms with Gasteiger partial charge in [-0.05, 0) is 24.5 Å². The SMILES string of the molecule is CC(C)C[C@H](NC(=O)N1CCN(c2ccncc2)CC1)C(=O)NCC#N. The number of pyridine rings is 1. The Kier molecular flexibility index (Phi) is 7.21. The Balaban J connectivity index is 1.89. The molecule has 1 fully saturated rings. The zero-order chi connectivity index (χ0) is 18.9. The van der Waals surface area contributed by atoms with Crippen LogP contribution in [0, 0.1) is 17.2 Å². The predicted molar refractivity (Wildman–Crippen MR) is 98.4 cm³/mol. The minimum atomic E-state index is -0.630. The molecule has 1 aromatic heterocycles. The molecule has 0 aromatic carbocycles. The van der Waals surface area contributed by atoms with Crippen molar-refractivity contribution in [1.82, 2.24) is 20.5 Å². The van der Waals surface area contributed by atoms with Crippen molar-refractivity contribution in [1.29, 1.82) is 5.26 Å². The highest BCUT2D eigenvalue weighted by molar-refractivity contribution is 5.87. The molecule has 3 amide bonds. The van der Waals surface area contributed by atoms with E-state index in [0.29, 0.717) is 19.5 Å². The maximum absolute atomic E-state index is 12.6. The second kappa shape index (κ2) is 9.61. The van der Waals surface area contributed by atoms with Crippen molar-refractivity contribution >= 4 is 17.6 Å². The van der Waals surface area contributed by atoms with Crippen molar-refractivity contribution in [3.63, 3.8) is 0 Å². The van der Waals surface area contributed by atoms with Crippen molar-refractivity contribution in [2.75, 3.05) is 37.6 Å². The fraction of sp³-hybridized carbons (Fsp3) is 0.556. The van der Waals surface area contributed by atoms with E-state index in [1.165, 1.54) is 0 Å². The molecule has 8 nitrogen and oxygen atoms in total. The first-order valence-corrected chi connectivity index (χ1v) is 8.86. The van der Waals surface area contributed by atoms with Crippen molar-refractivity contribution in [3.8, 4) is 6.07 Å². The molecule has 0 saturated carbocycles. The summed E-state index contributed by atoms with van der Waals surface area (Å²) in [4.78, 5) is 32.7. The number of rotatable bonds is 6. The molecule has 26 heavy (non-hydrogen) atoms. The Hall–Kier alpha value is -2.82. The maximum Gasteiger partial charge on any atom is 0.318 e. The molecule has 0 aliphatic carbocycles. The van der Waals surface area contributed by atoms with Crippen LogP contribution < -0.4 is 15.5 Å². The van der Waals surface area contributed by atoms with Gasteiger partial charge in [-0.2, -0.15) is 5.26 Å². The zero-order valence-electron chi connectivity index (χ0n) is 15.3. The van der Waals surface area contributed by atoms with Crippen molar-refractivity contribution < 1.29 is 9.59 Å². The molecule has 8 heteroatoms. The van der Waals surface area contributed by atoms with E-state index in [1.54, 1.807) is 17.3 Å². The van der Waals surface area contributed by atoms with Gasteiger partial charge in [-0.3, -0.25) is 9.78 Å². The summed E-state index contributed by atoms with van der Waals surface area (Å²) in [6.45, 7) is 6.55. The largest absolute Gasteiger partial charge is 0.368 e. The number of nitrogens with zero attached hydrogens (tertiary/aromatic N) is 4. The van der Waals surface area contributed by atoms with E-state index in [9.17, 15) is 9.59 Å². The van der Waals surface area contributed by atoms with Gasteiger partial charge in [0.25, 0.3) is 0 Å². The Labute approximate surface area is 154 Å². The van der Waals surface area contributed by atoms with Gasteiger partial charge in [0.1, 0.15) is 12.6 Å². The van der Waals surface area contributed by atoms with Crippen LogP contribution in [0.2, 0.25) is 0 Å². The number of hydrogen-bond donors (Lipinski definition) is 2. The number of nitriles is 1. The molecule has 0 spiro atoms. The Morgan fingerprint density at radius 2 is 1.88 bits per heavy atom. The predicted octanol–water partition coefficient (Wildman–Crippen LogP) is 0.968. The standard InChI is InChI=1S/C18H26N6O2/c1-14(2)13-16(17(25)21-8-5-19)22-18(26)24-11-9-23(10-12-24)15-3-6-20-7-4-15/h3-4,6-7,14,16H,8-13H2,1-2H3,(H,21,25)(H,22,26)/t16-/m0/s1. The first kappa shape index (κ1) is 19.5. The van der Waals surface area contributed by atoms with E-state index in [1.807, 2.05) is 32.0 Å². The highest BCUT2D eigenvalue weighted by Gasteiger charge is 2.26. The average molecular weight is 358 g/mol. The molecule has 2 rings (SSSR count). The van der Waals surface area contributed by atoms with Gasteiger partial charge in [-0.25, -0.2) is 4.79 Å². The molecule has 1 aliphatic heterocycles. The minimum Gasteiger partial charge on any atom is -0.368 e. The van der Waals surface area contributed by atoms with E-state index in [0.717, 1.165) is 18.8 Å². The third-order valence-electron chi connectivity index (χ3n) is 4.26. The van der Waals surface area contributed by atoms with Gasteiger partial charge in [-0.15, -0.1) is 0 Å². The Bertz CT molecular complexity index is 635. The van der Waals surface area contributed by atoms with Crippen molar-refractivity contribution in [2.45, 2.75) is 26.3 Å². The number of nitrogens with one attached hydrogen (secondary N) is 2. The normalized spacial score (nSPS) is 15.3. The molecule has 140 valence electrons. The van der Waals surface area contributed by atoms with E-state index in [2.05, 4.69) is 20.5 Å². The number of aromatic nitrogens is 1. The lowest BCUT2D eigenvalue weighted by atomic mass is 10.0. The van der Waals surface area contributed by atoms with Crippen LogP contribution in [0.4, 0.5) is 10.5 Å². The summed E-state index contributed by atoms with van der Waals surface area (Å²) in [6, 6.07) is 4.91. The summed E-state index contributed by atoms with van der Waals surface area (Å²) in [5.41, 5.74) is 1.09. The highest BCUT2D eigenvalue weighted by Crippen LogP contribution is 2.15. The molecular weight excluding hydrogens is 332 g/mol. The molecular formula is C18H26N6O2. The number of amides is 3. The van der Waals surface area contributed by atoms with Crippen LogP contribution in [-0.4, -0.2) is 60.6 Å². The third-order valence-corrected chi connectivity index (χ3v) is 4.26.